The van der Waals surface area contributed by atoms with Gasteiger partial charge in [-0.2, -0.15) is 13.2 Å². The lowest BCUT2D eigenvalue weighted by atomic mass is 9.72. The van der Waals surface area contributed by atoms with E-state index in [0.29, 0.717) is 6.42 Å². The number of carboxylic acid groups (broad SMARTS) is 1. The van der Waals surface area contributed by atoms with Gasteiger partial charge in [-0.3, -0.25) is 4.79 Å². The summed E-state index contributed by atoms with van der Waals surface area (Å²) in [6.07, 6.45) is -3.81. The average Bonchev–Trinajstić information content (AvgIpc) is 2.16. The van der Waals surface area contributed by atoms with E-state index in [0.717, 1.165) is 0 Å². The smallest absolute Gasteiger partial charge is 0.393 e. The van der Waals surface area contributed by atoms with Crippen molar-refractivity contribution in [2.24, 2.45) is 17.8 Å². The minimum absolute atomic E-state index is 0.0212. The summed E-state index contributed by atoms with van der Waals surface area (Å²) in [6.45, 7) is 1.43. The second kappa shape index (κ2) is 4.77. The molecule has 0 amide bonds. The van der Waals surface area contributed by atoms with Crippen LogP contribution in [0, 0.1) is 29.6 Å². The van der Waals surface area contributed by atoms with E-state index in [1.54, 1.807) is 0 Å². The van der Waals surface area contributed by atoms with Gasteiger partial charge in [0.05, 0.1) is 11.8 Å². The quantitative estimate of drug-likeness (QED) is 0.708. The molecule has 2 nitrogen and oxygen atoms in total. The van der Waals surface area contributed by atoms with E-state index in [1.165, 1.54) is 6.92 Å². The van der Waals surface area contributed by atoms with Gasteiger partial charge in [-0.1, -0.05) is 12.3 Å². The molecular formula is C11H13F3O2. The zero-order valence-electron chi connectivity index (χ0n) is 8.84. The highest BCUT2D eigenvalue weighted by molar-refractivity contribution is 5.71. The predicted molar refractivity (Wildman–Crippen MR) is 51.5 cm³/mol. The first-order valence-corrected chi connectivity index (χ1v) is 5.09. The Hall–Kier alpha value is -1.18. The first-order valence-electron chi connectivity index (χ1n) is 5.09. The third-order valence-electron chi connectivity index (χ3n) is 2.95. The molecule has 0 bridgehead atoms. The summed E-state index contributed by atoms with van der Waals surface area (Å²) in [5.41, 5.74) is 0. The van der Waals surface area contributed by atoms with Crippen molar-refractivity contribution >= 4 is 5.97 Å². The number of halogens is 3. The molecule has 1 rings (SSSR count). The van der Waals surface area contributed by atoms with E-state index in [1.807, 2.05) is 0 Å². The second-order valence-corrected chi connectivity index (χ2v) is 3.94. The average molecular weight is 234 g/mol. The maximum Gasteiger partial charge on any atom is 0.393 e. The van der Waals surface area contributed by atoms with Crippen molar-refractivity contribution in [3.63, 3.8) is 0 Å². The summed E-state index contributed by atoms with van der Waals surface area (Å²) >= 11 is 0. The molecule has 0 saturated heterocycles. The normalized spacial score (nSPS) is 30.4. The molecule has 0 aliphatic heterocycles. The summed E-state index contributed by atoms with van der Waals surface area (Å²) in [7, 11) is 0. The summed E-state index contributed by atoms with van der Waals surface area (Å²) in [6, 6.07) is 0. The highest BCUT2D eigenvalue weighted by atomic mass is 19.4. The Morgan fingerprint density at radius 3 is 2.44 bits per heavy atom. The maximum absolute atomic E-state index is 12.7. The van der Waals surface area contributed by atoms with Crippen molar-refractivity contribution in [2.75, 3.05) is 0 Å². The molecule has 0 aromatic carbocycles. The summed E-state index contributed by atoms with van der Waals surface area (Å²) in [5, 5.41) is 8.88. The topological polar surface area (TPSA) is 37.3 Å². The van der Waals surface area contributed by atoms with Crippen molar-refractivity contribution in [1.29, 1.82) is 0 Å². The summed E-state index contributed by atoms with van der Waals surface area (Å²) in [5.74, 6) is -0.0418. The van der Waals surface area contributed by atoms with E-state index >= 15 is 0 Å². The van der Waals surface area contributed by atoms with E-state index in [-0.39, 0.29) is 12.8 Å². The largest absolute Gasteiger partial charge is 0.481 e. The lowest BCUT2D eigenvalue weighted by molar-refractivity contribution is -0.197. The van der Waals surface area contributed by atoms with Gasteiger partial charge in [0, 0.05) is 5.92 Å². The Kier molecular flexibility index (Phi) is 3.84. The number of aliphatic carboxylic acids is 1. The zero-order chi connectivity index (χ0) is 12.3. The van der Waals surface area contributed by atoms with E-state index in [4.69, 9.17) is 5.11 Å². The van der Waals surface area contributed by atoms with Crippen LogP contribution >= 0.6 is 0 Å². The van der Waals surface area contributed by atoms with Gasteiger partial charge in [0.2, 0.25) is 0 Å². The highest BCUT2D eigenvalue weighted by Crippen LogP contribution is 2.43. The van der Waals surface area contributed by atoms with Crippen molar-refractivity contribution in [3.8, 4) is 11.8 Å². The van der Waals surface area contributed by atoms with Crippen LogP contribution in [0.5, 0.6) is 0 Å². The molecule has 0 aromatic rings. The second-order valence-electron chi connectivity index (χ2n) is 3.94. The van der Waals surface area contributed by atoms with Gasteiger partial charge >= 0.3 is 12.1 Å². The first kappa shape index (κ1) is 12.9. The molecule has 1 saturated carbocycles. The lowest BCUT2D eigenvalue weighted by Crippen LogP contribution is -2.40. The van der Waals surface area contributed by atoms with Gasteiger partial charge in [0.15, 0.2) is 0 Å². The summed E-state index contributed by atoms with van der Waals surface area (Å²) < 4.78 is 38.1. The minimum Gasteiger partial charge on any atom is -0.481 e. The van der Waals surface area contributed by atoms with Gasteiger partial charge in [-0.05, 0) is 19.8 Å². The van der Waals surface area contributed by atoms with Crippen LogP contribution in [0.4, 0.5) is 13.2 Å². The fourth-order valence-electron chi connectivity index (χ4n) is 2.21. The van der Waals surface area contributed by atoms with Crippen LogP contribution in [-0.4, -0.2) is 17.3 Å². The number of hydrogen-bond acceptors (Lipinski definition) is 1. The highest BCUT2D eigenvalue weighted by Gasteiger charge is 2.50. The van der Waals surface area contributed by atoms with E-state index < -0.39 is 29.9 Å². The molecule has 5 heteroatoms. The van der Waals surface area contributed by atoms with Gasteiger partial charge < -0.3 is 5.11 Å². The Morgan fingerprint density at radius 2 is 2.00 bits per heavy atom. The molecule has 0 radical (unpaired) electrons. The molecule has 0 spiro atoms. The Morgan fingerprint density at radius 1 is 1.38 bits per heavy atom. The molecule has 1 N–H and O–H groups in total. The van der Waals surface area contributed by atoms with Crippen LogP contribution in [0.25, 0.3) is 0 Å². The fraction of sp³-hybridized carbons (Fsp3) is 0.727. The third kappa shape index (κ3) is 2.69. The maximum atomic E-state index is 12.7. The van der Waals surface area contributed by atoms with E-state index in [9.17, 15) is 18.0 Å². The standard InChI is InChI=1S/C11H13F3O2/c1-2-4-7-8(10(15)16)5-3-6-9(7)11(12,13)14/h7-9H,3,5-6H2,1H3,(H,15,16). The van der Waals surface area contributed by atoms with Gasteiger partial charge in [-0.25, -0.2) is 0 Å². The van der Waals surface area contributed by atoms with Crippen LogP contribution in [0.1, 0.15) is 26.2 Å². The molecule has 1 aliphatic carbocycles. The van der Waals surface area contributed by atoms with Crippen molar-refractivity contribution in [3.05, 3.63) is 0 Å². The number of hydrogen-bond donors (Lipinski definition) is 1. The number of rotatable bonds is 1. The Bertz CT molecular complexity index is 324. The minimum atomic E-state index is -4.36. The molecule has 1 fully saturated rings. The zero-order valence-corrected chi connectivity index (χ0v) is 8.84. The van der Waals surface area contributed by atoms with E-state index in [2.05, 4.69) is 11.8 Å². The molecule has 0 heterocycles. The van der Waals surface area contributed by atoms with Crippen LogP contribution in [-0.2, 0) is 4.79 Å². The molecular weight excluding hydrogens is 221 g/mol. The SMILES string of the molecule is CC#CC1C(C(=O)O)CCCC1C(F)(F)F. The van der Waals surface area contributed by atoms with Crippen LogP contribution in [0.15, 0.2) is 0 Å². The predicted octanol–water partition coefficient (Wildman–Crippen LogP) is 2.69. The molecule has 16 heavy (non-hydrogen) atoms. The molecule has 90 valence electrons. The van der Waals surface area contributed by atoms with Crippen LogP contribution in [0.3, 0.4) is 0 Å². The van der Waals surface area contributed by atoms with Crippen molar-refractivity contribution in [1.82, 2.24) is 0 Å². The van der Waals surface area contributed by atoms with Gasteiger partial charge in [0.1, 0.15) is 0 Å². The Balaban J connectivity index is 2.98. The number of carbonyl (C=O) groups is 1. The summed E-state index contributed by atoms with van der Waals surface area (Å²) in [4.78, 5) is 10.9. The molecule has 3 atom stereocenters. The Labute approximate surface area is 91.8 Å². The number of carboxylic acids is 1. The van der Waals surface area contributed by atoms with Gasteiger partial charge in [0.25, 0.3) is 0 Å². The monoisotopic (exact) mass is 234 g/mol. The molecule has 3 unspecified atom stereocenters. The fourth-order valence-corrected chi connectivity index (χ4v) is 2.21. The van der Waals surface area contributed by atoms with Crippen molar-refractivity contribution in [2.45, 2.75) is 32.4 Å². The molecule has 0 aromatic heterocycles. The first-order chi connectivity index (χ1) is 7.38. The number of alkyl halides is 3. The van der Waals surface area contributed by atoms with Crippen LogP contribution < -0.4 is 0 Å². The lowest BCUT2D eigenvalue weighted by Gasteiger charge is -2.34. The van der Waals surface area contributed by atoms with Crippen molar-refractivity contribution < 1.29 is 23.1 Å². The molecule has 1 aliphatic rings. The van der Waals surface area contributed by atoms with Gasteiger partial charge in [-0.15, -0.1) is 5.92 Å². The van der Waals surface area contributed by atoms with Crippen LogP contribution in [0.2, 0.25) is 0 Å². The third-order valence-corrected chi connectivity index (χ3v) is 2.95.